The fourth-order valence-corrected chi connectivity index (χ4v) is 3.29. The normalized spacial score (nSPS) is 16.3. The molecule has 1 heterocycles. The Morgan fingerprint density at radius 1 is 1.24 bits per heavy atom. The van der Waals surface area contributed by atoms with Gasteiger partial charge >= 0.3 is 0 Å². The minimum atomic E-state index is 0.346. The molecule has 0 atom stereocenters. The number of fused-ring (bicyclic) bond motifs is 1. The van der Waals surface area contributed by atoms with E-state index < -0.39 is 0 Å². The highest BCUT2D eigenvalue weighted by Gasteiger charge is 2.18. The van der Waals surface area contributed by atoms with Crippen molar-refractivity contribution in [2.75, 3.05) is 0 Å². The summed E-state index contributed by atoms with van der Waals surface area (Å²) in [6.45, 7) is 2.19. The molecule has 1 saturated carbocycles. The second kappa shape index (κ2) is 6.65. The Balaban J connectivity index is 2.02. The quantitative estimate of drug-likeness (QED) is 0.738. The first-order valence-electron chi connectivity index (χ1n) is 8.01. The van der Waals surface area contributed by atoms with Crippen LogP contribution in [0.4, 0.5) is 0 Å². The van der Waals surface area contributed by atoms with E-state index in [1.54, 1.807) is 0 Å². The summed E-state index contributed by atoms with van der Waals surface area (Å²) in [5.74, 6) is 1.01. The Labute approximate surface area is 131 Å². The highest BCUT2D eigenvalue weighted by atomic mass is 35.5. The van der Waals surface area contributed by atoms with Gasteiger partial charge in [0.15, 0.2) is 0 Å². The van der Waals surface area contributed by atoms with Crippen LogP contribution in [-0.4, -0.2) is 11.1 Å². The lowest BCUT2D eigenvalue weighted by Crippen LogP contribution is -2.20. The number of aromatic nitrogens is 1. The van der Waals surface area contributed by atoms with Gasteiger partial charge in [-0.25, -0.2) is 0 Å². The van der Waals surface area contributed by atoms with E-state index in [9.17, 15) is 0 Å². The van der Waals surface area contributed by atoms with E-state index in [4.69, 9.17) is 16.3 Å². The molecule has 3 heteroatoms. The molecule has 1 aromatic carbocycles. The Morgan fingerprint density at radius 3 is 2.81 bits per heavy atom. The van der Waals surface area contributed by atoms with Gasteiger partial charge in [0.05, 0.1) is 11.6 Å². The van der Waals surface area contributed by atoms with Crippen molar-refractivity contribution in [1.29, 1.82) is 0 Å². The molecule has 1 aliphatic rings. The summed E-state index contributed by atoms with van der Waals surface area (Å²) < 4.78 is 6.41. The van der Waals surface area contributed by atoms with Crippen LogP contribution in [-0.2, 0) is 6.42 Å². The largest absolute Gasteiger partial charge is 0.489 e. The number of aryl methyl sites for hydroxylation is 1. The molecule has 0 radical (unpaired) electrons. The highest BCUT2D eigenvalue weighted by molar-refractivity contribution is 6.31. The first-order valence-corrected chi connectivity index (χ1v) is 8.39. The summed E-state index contributed by atoms with van der Waals surface area (Å²) in [5, 5.41) is 1.80. The molecule has 0 aliphatic heterocycles. The van der Waals surface area contributed by atoms with Gasteiger partial charge in [0, 0.05) is 22.2 Å². The molecule has 0 amide bonds. The van der Waals surface area contributed by atoms with Crippen LogP contribution in [0.15, 0.2) is 24.4 Å². The molecular weight excluding hydrogens is 282 g/mol. The van der Waals surface area contributed by atoms with Crippen LogP contribution in [0.25, 0.3) is 10.9 Å². The molecule has 2 nitrogen and oxygen atoms in total. The zero-order valence-electron chi connectivity index (χ0n) is 12.6. The fraction of sp³-hybridized carbons (Fsp3) is 0.500. The van der Waals surface area contributed by atoms with E-state index in [-0.39, 0.29) is 0 Å². The van der Waals surface area contributed by atoms with Gasteiger partial charge in [0.1, 0.15) is 5.75 Å². The molecule has 0 unspecified atom stereocenters. The molecule has 1 aromatic heterocycles. The van der Waals surface area contributed by atoms with Crippen molar-refractivity contribution in [3.05, 3.63) is 35.0 Å². The molecule has 21 heavy (non-hydrogen) atoms. The Bertz CT molecular complexity index is 620. The van der Waals surface area contributed by atoms with Crippen LogP contribution in [0.3, 0.4) is 0 Å². The van der Waals surface area contributed by atoms with E-state index in [2.05, 4.69) is 11.9 Å². The van der Waals surface area contributed by atoms with Crippen LogP contribution >= 0.6 is 11.6 Å². The molecule has 2 aromatic rings. The summed E-state index contributed by atoms with van der Waals surface area (Å²) in [4.78, 5) is 4.56. The Morgan fingerprint density at radius 2 is 2.05 bits per heavy atom. The van der Waals surface area contributed by atoms with E-state index in [0.29, 0.717) is 6.10 Å². The van der Waals surface area contributed by atoms with Crippen molar-refractivity contribution >= 4 is 22.5 Å². The van der Waals surface area contributed by atoms with Crippen molar-refractivity contribution in [2.24, 2.45) is 0 Å². The lowest BCUT2D eigenvalue weighted by atomic mass is 9.97. The molecule has 1 fully saturated rings. The summed E-state index contributed by atoms with van der Waals surface area (Å²) in [6.07, 6.45) is 10.6. The number of nitrogens with zero attached hydrogens (tertiary/aromatic N) is 1. The van der Waals surface area contributed by atoms with Crippen LogP contribution in [0, 0.1) is 0 Å². The van der Waals surface area contributed by atoms with Gasteiger partial charge < -0.3 is 4.74 Å². The smallest absolute Gasteiger partial charge is 0.133 e. The summed E-state index contributed by atoms with van der Waals surface area (Å²) in [7, 11) is 0. The van der Waals surface area contributed by atoms with Crippen LogP contribution in [0.2, 0.25) is 5.02 Å². The first kappa shape index (κ1) is 14.6. The number of halogens is 1. The average Bonchev–Trinajstić information content (AvgIpc) is 2.51. The van der Waals surface area contributed by atoms with Crippen molar-refractivity contribution in [3.63, 3.8) is 0 Å². The maximum absolute atomic E-state index is 6.41. The average molecular weight is 304 g/mol. The molecule has 3 rings (SSSR count). The maximum Gasteiger partial charge on any atom is 0.133 e. The molecular formula is C18H22ClNO. The van der Waals surface area contributed by atoms with Crippen molar-refractivity contribution in [3.8, 4) is 5.75 Å². The maximum atomic E-state index is 6.41. The van der Waals surface area contributed by atoms with E-state index in [0.717, 1.165) is 47.4 Å². The number of ether oxygens (including phenoxy) is 1. The van der Waals surface area contributed by atoms with Crippen LogP contribution < -0.4 is 4.74 Å². The third-order valence-corrected chi connectivity index (χ3v) is 4.45. The Hall–Kier alpha value is -1.28. The van der Waals surface area contributed by atoms with Crippen molar-refractivity contribution in [2.45, 2.75) is 58.0 Å². The number of benzene rings is 1. The molecule has 0 spiro atoms. The van der Waals surface area contributed by atoms with E-state index in [1.807, 2.05) is 24.4 Å². The van der Waals surface area contributed by atoms with Crippen LogP contribution in [0.5, 0.6) is 5.75 Å². The van der Waals surface area contributed by atoms with Crippen LogP contribution in [0.1, 0.15) is 51.0 Å². The van der Waals surface area contributed by atoms with Gasteiger partial charge in [0.2, 0.25) is 0 Å². The van der Waals surface area contributed by atoms with Gasteiger partial charge in [-0.1, -0.05) is 31.4 Å². The summed E-state index contributed by atoms with van der Waals surface area (Å²) in [6, 6.07) is 5.85. The Kier molecular flexibility index (Phi) is 4.64. The third-order valence-electron chi connectivity index (χ3n) is 4.21. The SMILES string of the molecule is CCCc1cnc2ccc(Cl)cc2c1OC1CCCCC1. The van der Waals surface area contributed by atoms with Gasteiger partial charge in [0.25, 0.3) is 0 Å². The van der Waals surface area contributed by atoms with E-state index in [1.165, 1.54) is 24.8 Å². The number of pyridine rings is 1. The van der Waals surface area contributed by atoms with Crippen molar-refractivity contribution < 1.29 is 4.74 Å². The second-order valence-corrected chi connectivity index (χ2v) is 6.34. The van der Waals surface area contributed by atoms with Crippen molar-refractivity contribution in [1.82, 2.24) is 4.98 Å². The lowest BCUT2D eigenvalue weighted by molar-refractivity contribution is 0.155. The molecule has 0 bridgehead atoms. The third kappa shape index (κ3) is 3.32. The van der Waals surface area contributed by atoms with Gasteiger partial charge in [-0.05, 0) is 50.3 Å². The zero-order chi connectivity index (χ0) is 14.7. The number of rotatable bonds is 4. The molecule has 112 valence electrons. The monoisotopic (exact) mass is 303 g/mol. The van der Waals surface area contributed by atoms with E-state index >= 15 is 0 Å². The molecule has 1 aliphatic carbocycles. The highest BCUT2D eigenvalue weighted by Crippen LogP contribution is 2.34. The fourth-order valence-electron chi connectivity index (χ4n) is 3.12. The minimum absolute atomic E-state index is 0.346. The summed E-state index contributed by atoms with van der Waals surface area (Å²) in [5.41, 5.74) is 2.17. The molecule has 0 N–H and O–H groups in total. The lowest BCUT2D eigenvalue weighted by Gasteiger charge is -2.25. The predicted octanol–water partition coefficient (Wildman–Crippen LogP) is 5.55. The zero-order valence-corrected chi connectivity index (χ0v) is 13.3. The second-order valence-electron chi connectivity index (χ2n) is 5.90. The standard InChI is InChI=1S/C18H22ClNO/c1-2-6-13-12-20-17-10-9-14(19)11-16(17)18(13)21-15-7-4-3-5-8-15/h9-12,15H,2-8H2,1H3. The molecule has 0 saturated heterocycles. The minimum Gasteiger partial charge on any atom is -0.489 e. The van der Waals surface area contributed by atoms with Gasteiger partial charge in [-0.2, -0.15) is 0 Å². The first-order chi connectivity index (χ1) is 10.3. The number of hydrogen-bond donors (Lipinski definition) is 0. The number of hydrogen-bond acceptors (Lipinski definition) is 2. The summed E-state index contributed by atoms with van der Waals surface area (Å²) >= 11 is 6.18. The topological polar surface area (TPSA) is 22.1 Å². The van der Waals surface area contributed by atoms with Gasteiger partial charge in [-0.3, -0.25) is 4.98 Å². The van der Waals surface area contributed by atoms with Gasteiger partial charge in [-0.15, -0.1) is 0 Å². The predicted molar refractivity (Wildman–Crippen MR) is 88.2 cm³/mol.